The molecule has 6 atom stereocenters. The molecular formula is C29H31NO4. The van der Waals surface area contributed by atoms with Gasteiger partial charge in [-0.2, -0.15) is 0 Å². The minimum absolute atomic E-state index is 0.141. The lowest BCUT2D eigenvalue weighted by Crippen LogP contribution is -2.79. The fraction of sp³-hybridized carbons (Fsp3) is 0.483. The third-order valence-electron chi connectivity index (χ3n) is 9.79. The number of hydrogen-bond donors (Lipinski definition) is 0. The smallest absolute Gasteiger partial charge is 0.166 e. The maximum atomic E-state index is 13.0. The Bertz CT molecular complexity index is 1220. The van der Waals surface area contributed by atoms with Crippen LogP contribution in [-0.2, 0) is 28.0 Å². The molecule has 1 unspecified atom stereocenters. The van der Waals surface area contributed by atoms with Crippen molar-refractivity contribution in [3.63, 3.8) is 0 Å². The van der Waals surface area contributed by atoms with Gasteiger partial charge in [0.05, 0.1) is 11.3 Å². The van der Waals surface area contributed by atoms with Crippen molar-refractivity contribution in [2.45, 2.75) is 56.0 Å². The summed E-state index contributed by atoms with van der Waals surface area (Å²) in [6, 6.07) is 14.9. The van der Waals surface area contributed by atoms with Crippen molar-refractivity contribution in [1.29, 1.82) is 0 Å². The van der Waals surface area contributed by atoms with Crippen LogP contribution in [0.25, 0.3) is 0 Å². The number of likely N-dealkylation sites (tertiary alicyclic amines) is 1. The van der Waals surface area contributed by atoms with Crippen LogP contribution in [0, 0.1) is 11.3 Å². The van der Waals surface area contributed by atoms with E-state index in [9.17, 15) is 4.79 Å². The Morgan fingerprint density at radius 2 is 2.00 bits per heavy atom. The highest BCUT2D eigenvalue weighted by Gasteiger charge is 2.79. The molecule has 2 aliphatic heterocycles. The van der Waals surface area contributed by atoms with Crippen molar-refractivity contribution in [1.82, 2.24) is 4.90 Å². The predicted molar refractivity (Wildman–Crippen MR) is 128 cm³/mol. The fourth-order valence-electron chi connectivity index (χ4n) is 8.35. The van der Waals surface area contributed by atoms with Crippen molar-refractivity contribution in [2.24, 2.45) is 11.3 Å². The zero-order valence-electron chi connectivity index (χ0n) is 20.0. The molecule has 0 N–H and O–H groups in total. The molecule has 4 aliphatic carbocycles. The number of carbonyl (C=O) groups excluding carboxylic acids is 1. The summed E-state index contributed by atoms with van der Waals surface area (Å²) in [7, 11) is 3.98. The van der Waals surface area contributed by atoms with E-state index in [4.69, 9.17) is 14.2 Å². The number of methoxy groups -OCH3 is 1. The van der Waals surface area contributed by atoms with E-state index < -0.39 is 5.60 Å². The molecule has 176 valence electrons. The molecule has 5 heteroatoms. The molecule has 2 spiro atoms. The number of benzene rings is 2. The zero-order valence-corrected chi connectivity index (χ0v) is 20.0. The SMILES string of the molecule is CO[C@@]12C=C[C@@]3(CC1C(C)=O)[C@H]1Cc4ccc(OCc5ccccc5)c5c4[C@@]3(CCN1C)[C@H]2O5. The molecule has 5 nitrogen and oxygen atoms in total. The number of piperidine rings is 1. The van der Waals surface area contributed by atoms with Gasteiger partial charge in [-0.15, -0.1) is 0 Å². The first kappa shape index (κ1) is 20.7. The molecule has 2 aromatic rings. The Hall–Kier alpha value is -2.63. The van der Waals surface area contributed by atoms with E-state index >= 15 is 0 Å². The highest BCUT2D eigenvalue weighted by atomic mass is 16.6. The molecule has 0 aromatic heterocycles. The van der Waals surface area contributed by atoms with Gasteiger partial charge >= 0.3 is 0 Å². The molecular weight excluding hydrogens is 426 g/mol. The number of rotatable bonds is 5. The highest BCUT2D eigenvalue weighted by molar-refractivity contribution is 5.82. The normalized spacial score (nSPS) is 38.4. The second-order valence-corrected chi connectivity index (χ2v) is 10.9. The number of carbonyl (C=O) groups is 1. The van der Waals surface area contributed by atoms with Gasteiger partial charge in [0.1, 0.15) is 24.1 Å². The first-order chi connectivity index (χ1) is 16.5. The van der Waals surface area contributed by atoms with Crippen molar-refractivity contribution in [3.8, 4) is 11.5 Å². The van der Waals surface area contributed by atoms with Gasteiger partial charge in [-0.3, -0.25) is 4.79 Å². The largest absolute Gasteiger partial charge is 0.485 e. The van der Waals surface area contributed by atoms with Gasteiger partial charge in [0.25, 0.3) is 0 Å². The summed E-state index contributed by atoms with van der Waals surface area (Å²) in [5.74, 6) is 1.65. The van der Waals surface area contributed by atoms with Crippen LogP contribution in [0.1, 0.15) is 36.5 Å². The van der Waals surface area contributed by atoms with Crippen LogP contribution in [0.3, 0.4) is 0 Å². The highest BCUT2D eigenvalue weighted by Crippen LogP contribution is 2.74. The van der Waals surface area contributed by atoms with E-state index in [1.165, 1.54) is 11.1 Å². The lowest BCUT2D eigenvalue weighted by molar-refractivity contribution is -0.212. The fourth-order valence-corrected chi connectivity index (χ4v) is 8.35. The van der Waals surface area contributed by atoms with Crippen LogP contribution in [0.5, 0.6) is 11.5 Å². The minimum atomic E-state index is -0.752. The first-order valence-electron chi connectivity index (χ1n) is 12.4. The summed E-state index contributed by atoms with van der Waals surface area (Å²) in [4.78, 5) is 15.5. The second-order valence-electron chi connectivity index (χ2n) is 10.9. The van der Waals surface area contributed by atoms with Crippen LogP contribution in [0.2, 0.25) is 0 Å². The third kappa shape index (κ3) is 2.21. The minimum Gasteiger partial charge on any atom is -0.485 e. The molecule has 8 rings (SSSR count). The molecule has 6 aliphatic rings. The predicted octanol–water partition coefficient (Wildman–Crippen LogP) is 4.07. The number of Topliss-reactive ketones (excluding diaryl/α,β-unsaturated/α-hetero) is 1. The van der Waals surface area contributed by atoms with Crippen molar-refractivity contribution in [3.05, 3.63) is 71.3 Å². The second kappa shape index (κ2) is 6.73. The van der Waals surface area contributed by atoms with E-state index in [1.54, 1.807) is 14.0 Å². The lowest BCUT2D eigenvalue weighted by atomic mass is 9.37. The lowest BCUT2D eigenvalue weighted by Gasteiger charge is -2.70. The number of ketones is 1. The van der Waals surface area contributed by atoms with Crippen LogP contribution in [-0.4, -0.2) is 49.1 Å². The van der Waals surface area contributed by atoms with Crippen molar-refractivity contribution in [2.75, 3.05) is 20.7 Å². The third-order valence-corrected chi connectivity index (χ3v) is 9.79. The molecule has 2 aromatic carbocycles. The van der Waals surface area contributed by atoms with Gasteiger partial charge in [-0.1, -0.05) is 48.6 Å². The maximum Gasteiger partial charge on any atom is 0.166 e. The summed E-state index contributed by atoms with van der Waals surface area (Å²) in [5, 5.41) is 0. The van der Waals surface area contributed by atoms with Crippen LogP contribution >= 0.6 is 0 Å². The molecule has 2 heterocycles. The Balaban J connectivity index is 1.42. The zero-order chi connectivity index (χ0) is 23.3. The molecule has 1 saturated heterocycles. The van der Waals surface area contributed by atoms with Gasteiger partial charge in [-0.05, 0) is 57.0 Å². The summed E-state index contributed by atoms with van der Waals surface area (Å²) in [5.41, 5.74) is 2.72. The Labute approximate surface area is 200 Å². The summed E-state index contributed by atoms with van der Waals surface area (Å²) < 4.78 is 19.6. The van der Waals surface area contributed by atoms with E-state index in [1.807, 2.05) is 18.2 Å². The molecule has 1 saturated carbocycles. The standard InChI is InChI=1S/C29H31NO4/c1-18(31)21-16-27-11-12-29(21,32-3)26-28(27)13-14-30(2)23(27)15-20-9-10-22(25(34-26)24(20)28)33-17-19-7-5-4-6-8-19/h4-12,21,23,26H,13-17H2,1-3H3/t21?,23-,26-,27-,28+,29+/m1/s1. The molecule has 0 radical (unpaired) electrons. The topological polar surface area (TPSA) is 48.0 Å². The number of nitrogens with zero attached hydrogens (tertiary/aromatic N) is 1. The summed E-state index contributed by atoms with van der Waals surface area (Å²) in [6.07, 6.45) is 7.13. The number of hydrogen-bond acceptors (Lipinski definition) is 5. The van der Waals surface area contributed by atoms with Crippen molar-refractivity contribution < 1.29 is 19.0 Å². The Morgan fingerprint density at radius 1 is 1.18 bits per heavy atom. The molecule has 2 fully saturated rings. The summed E-state index contributed by atoms with van der Waals surface area (Å²) >= 11 is 0. The summed E-state index contributed by atoms with van der Waals surface area (Å²) in [6.45, 7) is 3.22. The number of ether oxygens (including phenoxy) is 3. The van der Waals surface area contributed by atoms with E-state index in [2.05, 4.69) is 48.4 Å². The van der Waals surface area contributed by atoms with Gasteiger partial charge in [0.2, 0.25) is 0 Å². The van der Waals surface area contributed by atoms with E-state index in [0.717, 1.165) is 42.9 Å². The first-order valence-corrected chi connectivity index (χ1v) is 12.4. The van der Waals surface area contributed by atoms with Gasteiger partial charge in [0, 0.05) is 24.1 Å². The van der Waals surface area contributed by atoms with Crippen LogP contribution < -0.4 is 9.47 Å². The Morgan fingerprint density at radius 3 is 2.76 bits per heavy atom. The monoisotopic (exact) mass is 457 g/mol. The molecule has 34 heavy (non-hydrogen) atoms. The maximum absolute atomic E-state index is 13.0. The van der Waals surface area contributed by atoms with Gasteiger partial charge in [-0.25, -0.2) is 0 Å². The molecule has 0 amide bonds. The number of likely N-dealkylation sites (N-methyl/N-ethyl adjacent to an activating group) is 1. The number of fused-ring (bicyclic) bond motifs is 1. The van der Waals surface area contributed by atoms with E-state index in [-0.39, 0.29) is 28.6 Å². The van der Waals surface area contributed by atoms with Crippen LogP contribution in [0.15, 0.2) is 54.6 Å². The molecule has 4 bridgehead atoms. The van der Waals surface area contributed by atoms with E-state index in [0.29, 0.717) is 12.6 Å². The quantitative estimate of drug-likeness (QED) is 0.634. The Kier molecular flexibility index (Phi) is 4.10. The average Bonchev–Trinajstić information content (AvgIpc) is 3.23. The van der Waals surface area contributed by atoms with Gasteiger partial charge in [0.15, 0.2) is 11.5 Å². The van der Waals surface area contributed by atoms with Gasteiger partial charge < -0.3 is 19.1 Å². The average molecular weight is 458 g/mol. The van der Waals surface area contributed by atoms with Crippen LogP contribution in [0.4, 0.5) is 0 Å². The van der Waals surface area contributed by atoms with Crippen molar-refractivity contribution >= 4 is 5.78 Å².